The van der Waals surface area contributed by atoms with Crippen LogP contribution in [0, 0.1) is 0 Å². The smallest absolute Gasteiger partial charge is 0.252 e. The minimum atomic E-state index is -0.478. The van der Waals surface area contributed by atoms with Gasteiger partial charge in [0.1, 0.15) is 0 Å². The van der Waals surface area contributed by atoms with Gasteiger partial charge in [-0.25, -0.2) is 0 Å². The van der Waals surface area contributed by atoms with Gasteiger partial charge in [-0.15, -0.1) is 0 Å². The third-order valence-corrected chi connectivity index (χ3v) is 6.81. The van der Waals surface area contributed by atoms with Gasteiger partial charge in [0, 0.05) is 52.4 Å². The molecule has 0 unspecified atom stereocenters. The summed E-state index contributed by atoms with van der Waals surface area (Å²) in [6, 6.07) is 3.70. The number of rotatable bonds is 4. The molecule has 1 N–H and O–H groups in total. The van der Waals surface area contributed by atoms with E-state index < -0.39 is 5.92 Å². The standard InChI is InChI=1S/C23H27BrN2O5/c1-13-20(23(28)26-7-9-31-10-8-26)21(22-16(25-13)5-4-6-17(22)27)14-11-18(29-2)19(30-3)12-15(14)24/h11-12,21,25H,4-10H2,1-3H3/t21-/m0/s1. The average Bonchev–Trinajstić information content (AvgIpc) is 2.78. The van der Waals surface area contributed by atoms with E-state index in [2.05, 4.69) is 21.2 Å². The molecule has 4 rings (SSSR count). The number of benzene rings is 1. The molecule has 1 saturated heterocycles. The Labute approximate surface area is 190 Å². The number of halogens is 1. The van der Waals surface area contributed by atoms with Gasteiger partial charge in [-0.05, 0) is 37.5 Å². The quantitative estimate of drug-likeness (QED) is 0.697. The summed E-state index contributed by atoms with van der Waals surface area (Å²) < 4.78 is 17.2. The van der Waals surface area contributed by atoms with Crippen LogP contribution < -0.4 is 14.8 Å². The molecule has 3 aliphatic rings. The Bertz CT molecular complexity index is 978. The molecule has 7 nitrogen and oxygen atoms in total. The van der Waals surface area contributed by atoms with Crippen molar-refractivity contribution in [2.24, 2.45) is 0 Å². The highest BCUT2D eigenvalue weighted by Crippen LogP contribution is 2.47. The number of dihydropyridines is 1. The van der Waals surface area contributed by atoms with E-state index in [1.54, 1.807) is 14.2 Å². The molecule has 2 heterocycles. The van der Waals surface area contributed by atoms with Crippen LogP contribution in [0.4, 0.5) is 0 Å². The maximum Gasteiger partial charge on any atom is 0.252 e. The minimum Gasteiger partial charge on any atom is -0.493 e. The normalized spacial score (nSPS) is 21.6. The fraction of sp³-hybridized carbons (Fsp3) is 0.478. The number of Topliss-reactive ketones (excluding diaryl/α,β-unsaturated/α-hetero) is 1. The maximum atomic E-state index is 13.7. The molecule has 1 aliphatic carbocycles. The Hall–Kier alpha value is -2.32. The van der Waals surface area contributed by atoms with Crippen molar-refractivity contribution >= 4 is 27.6 Å². The highest BCUT2D eigenvalue weighted by Gasteiger charge is 2.41. The van der Waals surface area contributed by atoms with Gasteiger partial charge in [0.25, 0.3) is 5.91 Å². The first-order chi connectivity index (χ1) is 15.0. The van der Waals surface area contributed by atoms with Crippen LogP contribution >= 0.6 is 15.9 Å². The molecule has 166 valence electrons. The van der Waals surface area contributed by atoms with Crippen molar-refractivity contribution < 1.29 is 23.8 Å². The number of hydrogen-bond acceptors (Lipinski definition) is 6. The molecule has 1 atom stereocenters. The highest BCUT2D eigenvalue weighted by atomic mass is 79.9. The number of nitrogens with one attached hydrogen (secondary N) is 1. The molecule has 1 amide bonds. The Morgan fingerprint density at radius 2 is 1.84 bits per heavy atom. The predicted octanol–water partition coefficient (Wildman–Crippen LogP) is 3.29. The summed E-state index contributed by atoms with van der Waals surface area (Å²) >= 11 is 3.66. The number of ether oxygens (including phenoxy) is 3. The van der Waals surface area contributed by atoms with E-state index in [1.165, 1.54) is 0 Å². The molecule has 0 radical (unpaired) electrons. The molecular weight excluding hydrogens is 464 g/mol. The summed E-state index contributed by atoms with van der Waals surface area (Å²) in [4.78, 5) is 28.6. The molecule has 0 spiro atoms. The zero-order valence-electron chi connectivity index (χ0n) is 18.0. The van der Waals surface area contributed by atoms with E-state index in [4.69, 9.17) is 14.2 Å². The van der Waals surface area contributed by atoms with E-state index in [9.17, 15) is 9.59 Å². The number of amides is 1. The number of ketones is 1. The van der Waals surface area contributed by atoms with Gasteiger partial charge in [0.05, 0.1) is 27.4 Å². The first kappa shape index (κ1) is 21.9. The molecular formula is C23H27BrN2O5. The Morgan fingerprint density at radius 3 is 2.52 bits per heavy atom. The van der Waals surface area contributed by atoms with Crippen molar-refractivity contribution in [3.8, 4) is 11.5 Å². The lowest BCUT2D eigenvalue weighted by molar-refractivity contribution is -0.131. The number of carbonyl (C=O) groups excluding carboxylic acids is 2. The van der Waals surface area contributed by atoms with Crippen LogP contribution in [-0.4, -0.2) is 57.1 Å². The fourth-order valence-corrected chi connectivity index (χ4v) is 5.16. The first-order valence-corrected chi connectivity index (χ1v) is 11.3. The summed E-state index contributed by atoms with van der Waals surface area (Å²) in [5.41, 5.74) is 3.80. The fourth-order valence-electron chi connectivity index (χ4n) is 4.61. The molecule has 8 heteroatoms. The lowest BCUT2D eigenvalue weighted by atomic mass is 9.74. The molecule has 31 heavy (non-hydrogen) atoms. The van der Waals surface area contributed by atoms with Crippen molar-refractivity contribution in [2.45, 2.75) is 32.1 Å². The number of nitrogens with zero attached hydrogens (tertiary/aromatic N) is 1. The number of hydrogen-bond donors (Lipinski definition) is 1. The van der Waals surface area contributed by atoms with Gasteiger partial charge in [-0.3, -0.25) is 9.59 Å². The molecule has 0 aromatic heterocycles. The van der Waals surface area contributed by atoms with Crippen molar-refractivity contribution in [1.82, 2.24) is 10.2 Å². The van der Waals surface area contributed by atoms with Crippen molar-refractivity contribution in [3.63, 3.8) is 0 Å². The molecule has 0 bridgehead atoms. The summed E-state index contributed by atoms with van der Waals surface area (Å²) in [5, 5.41) is 3.38. The third-order valence-electron chi connectivity index (χ3n) is 6.12. The Morgan fingerprint density at radius 1 is 1.16 bits per heavy atom. The van der Waals surface area contributed by atoms with Gasteiger partial charge in [-0.1, -0.05) is 15.9 Å². The van der Waals surface area contributed by atoms with Crippen LogP contribution in [0.3, 0.4) is 0 Å². The van der Waals surface area contributed by atoms with E-state index in [1.807, 2.05) is 24.0 Å². The molecule has 0 saturated carbocycles. The van der Waals surface area contributed by atoms with E-state index in [-0.39, 0.29) is 11.7 Å². The van der Waals surface area contributed by atoms with Gasteiger partial charge in [-0.2, -0.15) is 0 Å². The zero-order valence-corrected chi connectivity index (χ0v) is 19.6. The van der Waals surface area contributed by atoms with Gasteiger partial charge in [0.2, 0.25) is 0 Å². The summed E-state index contributed by atoms with van der Waals surface area (Å²) in [5.74, 6) is 0.678. The SMILES string of the molecule is COc1cc(Br)c([C@H]2C(C(=O)N3CCOCC3)=C(C)NC3=C2C(=O)CCC3)cc1OC. The van der Waals surface area contributed by atoms with Crippen molar-refractivity contribution in [3.05, 3.63) is 44.7 Å². The second-order valence-electron chi connectivity index (χ2n) is 7.90. The van der Waals surface area contributed by atoms with Gasteiger partial charge >= 0.3 is 0 Å². The number of morpholine rings is 1. The van der Waals surface area contributed by atoms with Crippen LogP contribution in [0.2, 0.25) is 0 Å². The second-order valence-corrected chi connectivity index (χ2v) is 8.75. The monoisotopic (exact) mass is 490 g/mol. The first-order valence-electron chi connectivity index (χ1n) is 10.5. The predicted molar refractivity (Wildman–Crippen MR) is 119 cm³/mol. The molecule has 2 aliphatic heterocycles. The summed E-state index contributed by atoms with van der Waals surface area (Å²) in [6.45, 7) is 4.02. The Balaban J connectivity index is 1.88. The third kappa shape index (κ3) is 3.99. The number of methoxy groups -OCH3 is 2. The number of allylic oxidation sites excluding steroid dienone is 3. The number of carbonyl (C=O) groups is 2. The highest BCUT2D eigenvalue weighted by molar-refractivity contribution is 9.10. The van der Waals surface area contributed by atoms with Crippen molar-refractivity contribution in [2.75, 3.05) is 40.5 Å². The summed E-state index contributed by atoms with van der Waals surface area (Å²) in [7, 11) is 3.16. The maximum absolute atomic E-state index is 13.7. The topological polar surface area (TPSA) is 77.1 Å². The largest absolute Gasteiger partial charge is 0.493 e. The lowest BCUT2D eigenvalue weighted by Crippen LogP contribution is -2.44. The van der Waals surface area contributed by atoms with Crippen LogP contribution in [0.1, 0.15) is 37.7 Å². The Kier molecular flexibility index (Phi) is 6.39. The van der Waals surface area contributed by atoms with E-state index >= 15 is 0 Å². The van der Waals surface area contributed by atoms with Gasteiger partial charge in [0.15, 0.2) is 17.3 Å². The lowest BCUT2D eigenvalue weighted by Gasteiger charge is -2.37. The van der Waals surface area contributed by atoms with Crippen LogP contribution in [0.5, 0.6) is 11.5 Å². The summed E-state index contributed by atoms with van der Waals surface area (Å²) in [6.07, 6.45) is 2.09. The minimum absolute atomic E-state index is 0.0649. The van der Waals surface area contributed by atoms with Crippen LogP contribution in [-0.2, 0) is 14.3 Å². The van der Waals surface area contributed by atoms with Crippen LogP contribution in [0.15, 0.2) is 39.1 Å². The average molecular weight is 491 g/mol. The zero-order chi connectivity index (χ0) is 22.1. The van der Waals surface area contributed by atoms with E-state index in [0.717, 1.165) is 34.3 Å². The molecule has 1 aromatic rings. The molecule has 1 aromatic carbocycles. The van der Waals surface area contributed by atoms with Gasteiger partial charge < -0.3 is 24.4 Å². The molecule has 1 fully saturated rings. The van der Waals surface area contributed by atoms with E-state index in [0.29, 0.717) is 55.4 Å². The van der Waals surface area contributed by atoms with Crippen molar-refractivity contribution in [1.29, 1.82) is 0 Å². The second kappa shape index (κ2) is 9.04. The van der Waals surface area contributed by atoms with Crippen LogP contribution in [0.25, 0.3) is 0 Å².